The first-order chi connectivity index (χ1) is 5.33. The Balaban J connectivity index is 2.71. The number of halogens is 1. The number of benzene rings is 1. The van der Waals surface area contributed by atoms with Gasteiger partial charge >= 0.3 is 0 Å². The summed E-state index contributed by atoms with van der Waals surface area (Å²) in [5.41, 5.74) is 0.982. The number of nitrogens with zero attached hydrogens (tertiary/aromatic N) is 1. The van der Waals surface area contributed by atoms with E-state index < -0.39 is 0 Å². The summed E-state index contributed by atoms with van der Waals surface area (Å²) in [6.45, 7) is 0. The van der Waals surface area contributed by atoms with Gasteiger partial charge in [0, 0.05) is 11.4 Å². The molecule has 0 spiro atoms. The van der Waals surface area contributed by atoms with Crippen LogP contribution in [0.1, 0.15) is 5.56 Å². The van der Waals surface area contributed by atoms with Gasteiger partial charge < -0.3 is 5.21 Å². The molecular formula is C8H7ClNO. The van der Waals surface area contributed by atoms with E-state index in [1.54, 1.807) is 12.1 Å². The summed E-state index contributed by atoms with van der Waals surface area (Å²) in [5.74, 6) is 0. The Hall–Kier alpha value is -1.02. The fraction of sp³-hybridized carbons (Fsp3) is 0.125. The molecule has 1 rings (SSSR count). The first-order valence-electron chi connectivity index (χ1n) is 3.14. The van der Waals surface area contributed by atoms with Gasteiger partial charge in [0.05, 0.1) is 0 Å². The molecule has 0 saturated carbocycles. The van der Waals surface area contributed by atoms with Crippen molar-refractivity contribution in [2.45, 2.75) is 6.42 Å². The predicted molar refractivity (Wildman–Crippen MR) is 44.4 cm³/mol. The van der Waals surface area contributed by atoms with Gasteiger partial charge in [-0.05, 0) is 17.7 Å². The zero-order valence-electron chi connectivity index (χ0n) is 5.79. The van der Waals surface area contributed by atoms with E-state index in [0.29, 0.717) is 11.4 Å². The molecule has 1 aromatic carbocycles. The van der Waals surface area contributed by atoms with Crippen LogP contribution in [0.4, 0.5) is 0 Å². The van der Waals surface area contributed by atoms with Gasteiger partial charge in [0.2, 0.25) is 0 Å². The molecule has 0 bridgehead atoms. The molecule has 3 heteroatoms. The standard InChI is InChI=1S/C8H7ClNO/c9-8-3-1-2-7(6-8)4-5-10-11/h1-3,6,11H,4H2. The summed E-state index contributed by atoms with van der Waals surface area (Å²) < 4.78 is 0. The van der Waals surface area contributed by atoms with Gasteiger partial charge in [-0.1, -0.05) is 28.9 Å². The van der Waals surface area contributed by atoms with Crippen molar-refractivity contribution in [1.29, 1.82) is 0 Å². The molecule has 0 unspecified atom stereocenters. The van der Waals surface area contributed by atoms with E-state index in [0.717, 1.165) is 5.56 Å². The van der Waals surface area contributed by atoms with Crippen LogP contribution in [0.3, 0.4) is 0 Å². The smallest absolute Gasteiger partial charge is 0.109 e. The summed E-state index contributed by atoms with van der Waals surface area (Å²) in [7, 11) is 0. The van der Waals surface area contributed by atoms with Crippen molar-refractivity contribution in [2.75, 3.05) is 0 Å². The molecule has 1 N–H and O–H groups in total. The van der Waals surface area contributed by atoms with Crippen molar-refractivity contribution < 1.29 is 5.21 Å². The lowest BCUT2D eigenvalue weighted by atomic mass is 10.2. The number of hydrogen-bond donors (Lipinski definition) is 1. The summed E-state index contributed by atoms with van der Waals surface area (Å²) in [5, 5.41) is 11.5. The van der Waals surface area contributed by atoms with Gasteiger partial charge in [0.25, 0.3) is 0 Å². The van der Waals surface area contributed by atoms with E-state index in [-0.39, 0.29) is 0 Å². The normalized spacial score (nSPS) is 10.6. The monoisotopic (exact) mass is 168 g/mol. The van der Waals surface area contributed by atoms with Gasteiger partial charge in [-0.25, -0.2) is 0 Å². The molecule has 1 aromatic rings. The maximum Gasteiger partial charge on any atom is 0.109 e. The molecule has 0 atom stereocenters. The highest BCUT2D eigenvalue weighted by molar-refractivity contribution is 6.30. The molecule has 2 nitrogen and oxygen atoms in total. The van der Waals surface area contributed by atoms with Crippen molar-refractivity contribution >= 4 is 17.8 Å². The quantitative estimate of drug-likeness (QED) is 0.410. The van der Waals surface area contributed by atoms with Crippen LogP contribution in [0.5, 0.6) is 0 Å². The molecule has 57 valence electrons. The molecule has 0 aromatic heterocycles. The molecule has 0 heterocycles. The minimum absolute atomic E-state index is 0.483. The van der Waals surface area contributed by atoms with Crippen LogP contribution in [0.15, 0.2) is 29.4 Å². The molecule has 0 aliphatic rings. The van der Waals surface area contributed by atoms with Crippen LogP contribution in [0.25, 0.3) is 0 Å². The fourth-order valence-corrected chi connectivity index (χ4v) is 0.986. The van der Waals surface area contributed by atoms with Crippen LogP contribution in [0, 0.1) is 0 Å². The Labute approximate surface area is 70.1 Å². The SMILES string of the molecule is ON=[C]Cc1cccc(Cl)c1. The molecule has 0 aliphatic heterocycles. The van der Waals surface area contributed by atoms with Crippen LogP contribution < -0.4 is 0 Å². The van der Waals surface area contributed by atoms with E-state index in [1.165, 1.54) is 0 Å². The van der Waals surface area contributed by atoms with E-state index in [2.05, 4.69) is 11.4 Å². The molecule has 11 heavy (non-hydrogen) atoms. The minimum Gasteiger partial charge on any atom is -0.411 e. The summed E-state index contributed by atoms with van der Waals surface area (Å²) in [6.07, 6.45) is 2.90. The molecule has 0 amide bonds. The van der Waals surface area contributed by atoms with Gasteiger partial charge in [0.1, 0.15) is 6.21 Å². The average Bonchev–Trinajstić information content (AvgIpc) is 2.01. The summed E-state index contributed by atoms with van der Waals surface area (Å²) in [6, 6.07) is 7.33. The van der Waals surface area contributed by atoms with Crippen molar-refractivity contribution in [3.8, 4) is 0 Å². The molecule has 1 radical (unpaired) electrons. The van der Waals surface area contributed by atoms with Crippen LogP contribution in [-0.4, -0.2) is 11.4 Å². The second-order valence-corrected chi connectivity index (χ2v) is 2.50. The topological polar surface area (TPSA) is 32.6 Å². The second kappa shape index (κ2) is 3.98. The Bertz CT molecular complexity index is 260. The average molecular weight is 169 g/mol. The first-order valence-corrected chi connectivity index (χ1v) is 3.52. The lowest BCUT2D eigenvalue weighted by Gasteiger charge is -1.93. The Morgan fingerprint density at radius 2 is 2.36 bits per heavy atom. The lowest BCUT2D eigenvalue weighted by molar-refractivity contribution is 0.321. The third-order valence-electron chi connectivity index (χ3n) is 1.24. The highest BCUT2D eigenvalue weighted by atomic mass is 35.5. The van der Waals surface area contributed by atoms with Crippen molar-refractivity contribution in [2.24, 2.45) is 5.16 Å². The zero-order chi connectivity index (χ0) is 8.10. The minimum atomic E-state index is 0.483. The zero-order valence-corrected chi connectivity index (χ0v) is 6.54. The summed E-state index contributed by atoms with van der Waals surface area (Å²) in [4.78, 5) is 0. The van der Waals surface area contributed by atoms with E-state index in [4.69, 9.17) is 16.8 Å². The third-order valence-corrected chi connectivity index (χ3v) is 1.48. The Morgan fingerprint density at radius 3 is 3.00 bits per heavy atom. The fourth-order valence-electron chi connectivity index (χ4n) is 0.774. The van der Waals surface area contributed by atoms with Crippen molar-refractivity contribution in [3.63, 3.8) is 0 Å². The highest BCUT2D eigenvalue weighted by Gasteiger charge is 1.91. The third kappa shape index (κ3) is 2.60. The highest BCUT2D eigenvalue weighted by Crippen LogP contribution is 2.10. The van der Waals surface area contributed by atoms with Crippen molar-refractivity contribution in [1.82, 2.24) is 0 Å². The molecular weight excluding hydrogens is 162 g/mol. The lowest BCUT2D eigenvalue weighted by Crippen LogP contribution is -1.84. The van der Waals surface area contributed by atoms with Crippen molar-refractivity contribution in [3.05, 3.63) is 34.9 Å². The Kier molecular flexibility index (Phi) is 2.93. The van der Waals surface area contributed by atoms with E-state index in [1.807, 2.05) is 12.1 Å². The predicted octanol–water partition coefficient (Wildman–Crippen LogP) is 2.22. The van der Waals surface area contributed by atoms with Gasteiger partial charge in [-0.15, -0.1) is 0 Å². The van der Waals surface area contributed by atoms with Crippen LogP contribution >= 0.6 is 11.6 Å². The Morgan fingerprint density at radius 1 is 1.55 bits per heavy atom. The van der Waals surface area contributed by atoms with Gasteiger partial charge in [0.15, 0.2) is 0 Å². The second-order valence-electron chi connectivity index (χ2n) is 2.06. The number of rotatable bonds is 2. The molecule has 0 saturated heterocycles. The first kappa shape index (κ1) is 8.08. The summed E-state index contributed by atoms with van der Waals surface area (Å²) >= 11 is 5.70. The van der Waals surface area contributed by atoms with E-state index in [9.17, 15) is 0 Å². The maximum atomic E-state index is 8.08. The van der Waals surface area contributed by atoms with Gasteiger partial charge in [-0.3, -0.25) is 0 Å². The largest absolute Gasteiger partial charge is 0.411 e. The molecule has 0 fully saturated rings. The maximum absolute atomic E-state index is 8.08. The molecule has 0 aliphatic carbocycles. The van der Waals surface area contributed by atoms with Gasteiger partial charge in [-0.2, -0.15) is 0 Å². The number of hydrogen-bond acceptors (Lipinski definition) is 2. The van der Waals surface area contributed by atoms with Crippen LogP contribution in [-0.2, 0) is 6.42 Å². The van der Waals surface area contributed by atoms with Crippen LogP contribution in [0.2, 0.25) is 5.02 Å². The van der Waals surface area contributed by atoms with E-state index >= 15 is 0 Å².